The van der Waals surface area contributed by atoms with Crippen LogP contribution in [0.4, 0.5) is 0 Å². The van der Waals surface area contributed by atoms with Crippen LogP contribution in [-0.2, 0) is 11.3 Å². The molecule has 2 amide bonds. The number of halogens is 1. The Labute approximate surface area is 200 Å². The van der Waals surface area contributed by atoms with Crippen LogP contribution in [0, 0.1) is 5.92 Å². The summed E-state index contributed by atoms with van der Waals surface area (Å²) in [5.41, 5.74) is 0.403. The van der Waals surface area contributed by atoms with Crippen molar-refractivity contribution >= 4 is 46.1 Å². The Kier molecular flexibility index (Phi) is 7.09. The number of fused-ring (bicyclic) bond motifs is 1. The van der Waals surface area contributed by atoms with Crippen LogP contribution >= 0.6 is 23.4 Å². The fourth-order valence-electron chi connectivity index (χ4n) is 3.74. The molecule has 4 rings (SSSR count). The fraction of sp³-hybridized carbons (Fsp3) is 0.391. The summed E-state index contributed by atoms with van der Waals surface area (Å²) in [5, 5.41) is 1.47. The average Bonchev–Trinajstić information content (AvgIpc) is 3.34. The third kappa shape index (κ3) is 5.25. The maximum absolute atomic E-state index is 13.1. The molecule has 8 nitrogen and oxygen atoms in total. The van der Waals surface area contributed by atoms with Crippen molar-refractivity contribution in [3.63, 3.8) is 0 Å². The van der Waals surface area contributed by atoms with E-state index in [1.54, 1.807) is 44.7 Å². The second-order valence-corrected chi connectivity index (χ2v) is 9.68. The van der Waals surface area contributed by atoms with Gasteiger partial charge in [0, 0.05) is 37.7 Å². The summed E-state index contributed by atoms with van der Waals surface area (Å²) in [6.45, 7) is 6.35. The van der Waals surface area contributed by atoms with Gasteiger partial charge in [-0.15, -0.1) is 0 Å². The van der Waals surface area contributed by atoms with E-state index >= 15 is 0 Å². The Balaban J connectivity index is 1.44. The number of nitrogens with zero attached hydrogens (tertiary/aromatic N) is 4. The number of rotatable bonds is 6. The van der Waals surface area contributed by atoms with Crippen LogP contribution in [0.3, 0.4) is 0 Å². The smallest absolute Gasteiger partial charge is 0.289 e. The summed E-state index contributed by atoms with van der Waals surface area (Å²) in [4.78, 5) is 46.4. The first-order valence-corrected chi connectivity index (χ1v) is 12.1. The Bertz CT molecular complexity index is 1220. The predicted octanol–water partition coefficient (Wildman–Crippen LogP) is 3.38. The lowest BCUT2D eigenvalue weighted by molar-refractivity contribution is -0.129. The quantitative estimate of drug-likeness (QED) is 0.390. The molecule has 10 heteroatoms. The van der Waals surface area contributed by atoms with Crippen LogP contribution in [-0.4, -0.2) is 63.1 Å². The molecule has 1 fully saturated rings. The molecule has 0 unspecified atom stereocenters. The van der Waals surface area contributed by atoms with Gasteiger partial charge in [-0.25, -0.2) is 4.98 Å². The van der Waals surface area contributed by atoms with Gasteiger partial charge < -0.3 is 14.2 Å². The molecule has 33 heavy (non-hydrogen) atoms. The zero-order chi connectivity index (χ0) is 23.5. The first kappa shape index (κ1) is 23.4. The second-order valence-electron chi connectivity index (χ2n) is 8.30. The number of carbonyl (C=O) groups is 2. The van der Waals surface area contributed by atoms with Crippen LogP contribution < -0.4 is 5.56 Å². The van der Waals surface area contributed by atoms with Crippen LogP contribution in [0.1, 0.15) is 24.4 Å². The molecule has 0 radical (unpaired) electrons. The number of amides is 2. The Morgan fingerprint density at radius 1 is 1.15 bits per heavy atom. The highest BCUT2D eigenvalue weighted by molar-refractivity contribution is 7.99. The van der Waals surface area contributed by atoms with Crippen molar-refractivity contribution in [3.8, 4) is 0 Å². The number of hydrogen-bond donors (Lipinski definition) is 0. The normalized spacial score (nSPS) is 14.3. The van der Waals surface area contributed by atoms with Gasteiger partial charge in [-0.3, -0.25) is 19.0 Å². The minimum Gasteiger partial charge on any atom is -0.459 e. The van der Waals surface area contributed by atoms with E-state index < -0.39 is 0 Å². The number of hydrogen-bond acceptors (Lipinski definition) is 6. The van der Waals surface area contributed by atoms with Crippen LogP contribution in [0.25, 0.3) is 10.9 Å². The minimum absolute atomic E-state index is 0.0494. The van der Waals surface area contributed by atoms with Crippen LogP contribution in [0.2, 0.25) is 5.02 Å². The summed E-state index contributed by atoms with van der Waals surface area (Å²) in [6, 6.07) is 8.37. The third-order valence-corrected chi connectivity index (χ3v) is 6.60. The lowest BCUT2D eigenvalue weighted by Crippen LogP contribution is -2.51. The highest BCUT2D eigenvalue weighted by Crippen LogP contribution is 2.22. The number of furan rings is 1. The molecule has 3 heterocycles. The zero-order valence-corrected chi connectivity index (χ0v) is 20.1. The van der Waals surface area contributed by atoms with E-state index in [2.05, 4.69) is 4.98 Å². The summed E-state index contributed by atoms with van der Waals surface area (Å²) < 4.78 is 6.80. The standard InChI is InChI=1S/C23H25ClN4O4S/c1-15(2)13-28-21(30)17-12-16(24)5-6-18(17)25-23(28)33-14-20(29)26-7-9-27(10-8-26)22(31)19-4-3-11-32-19/h3-6,11-12,15H,7-10,13-14H2,1-2H3. The van der Waals surface area contributed by atoms with E-state index in [4.69, 9.17) is 16.0 Å². The lowest BCUT2D eigenvalue weighted by atomic mass is 10.2. The molecule has 0 spiro atoms. The van der Waals surface area contributed by atoms with Gasteiger partial charge in [0.25, 0.3) is 11.5 Å². The van der Waals surface area contributed by atoms with Gasteiger partial charge in [0.2, 0.25) is 5.91 Å². The summed E-state index contributed by atoms with van der Waals surface area (Å²) >= 11 is 7.34. The third-order valence-electron chi connectivity index (χ3n) is 5.41. The lowest BCUT2D eigenvalue weighted by Gasteiger charge is -2.34. The molecule has 0 N–H and O–H groups in total. The number of carbonyl (C=O) groups excluding carboxylic acids is 2. The molecule has 2 aromatic heterocycles. The van der Waals surface area contributed by atoms with Crippen molar-refractivity contribution in [2.75, 3.05) is 31.9 Å². The van der Waals surface area contributed by atoms with Crippen molar-refractivity contribution in [2.24, 2.45) is 5.92 Å². The average molecular weight is 489 g/mol. The van der Waals surface area contributed by atoms with E-state index in [-0.39, 0.29) is 29.0 Å². The van der Waals surface area contributed by atoms with E-state index in [1.165, 1.54) is 18.0 Å². The van der Waals surface area contributed by atoms with Gasteiger partial charge >= 0.3 is 0 Å². The van der Waals surface area contributed by atoms with Crippen LogP contribution in [0.5, 0.6) is 0 Å². The Morgan fingerprint density at radius 3 is 2.55 bits per heavy atom. The van der Waals surface area contributed by atoms with Crippen molar-refractivity contribution in [1.82, 2.24) is 19.4 Å². The molecule has 1 aliphatic rings. The maximum atomic E-state index is 13.1. The molecule has 0 bridgehead atoms. The minimum atomic E-state index is -0.167. The van der Waals surface area contributed by atoms with E-state index in [9.17, 15) is 14.4 Å². The molecule has 0 atom stereocenters. The van der Waals surface area contributed by atoms with E-state index in [0.29, 0.717) is 59.6 Å². The molecule has 1 saturated heterocycles. The highest BCUT2D eigenvalue weighted by Gasteiger charge is 2.26. The number of aromatic nitrogens is 2. The monoisotopic (exact) mass is 488 g/mol. The molecule has 0 aliphatic carbocycles. The largest absolute Gasteiger partial charge is 0.459 e. The zero-order valence-electron chi connectivity index (χ0n) is 18.5. The topological polar surface area (TPSA) is 88.7 Å². The van der Waals surface area contributed by atoms with Gasteiger partial charge in [0.15, 0.2) is 10.9 Å². The van der Waals surface area contributed by atoms with Gasteiger partial charge in [-0.1, -0.05) is 37.2 Å². The van der Waals surface area contributed by atoms with Crippen molar-refractivity contribution < 1.29 is 14.0 Å². The fourth-order valence-corrected chi connectivity index (χ4v) is 4.83. The van der Waals surface area contributed by atoms with Gasteiger partial charge in [-0.2, -0.15) is 0 Å². The SMILES string of the molecule is CC(C)Cn1c(SCC(=O)N2CCN(C(=O)c3ccco3)CC2)nc2ccc(Cl)cc2c1=O. The van der Waals surface area contributed by atoms with E-state index in [0.717, 1.165) is 0 Å². The Morgan fingerprint density at radius 2 is 1.88 bits per heavy atom. The second kappa shape index (κ2) is 10.0. The van der Waals surface area contributed by atoms with Crippen molar-refractivity contribution in [2.45, 2.75) is 25.5 Å². The highest BCUT2D eigenvalue weighted by atomic mass is 35.5. The molecular formula is C23H25ClN4O4S. The van der Waals surface area contributed by atoms with Gasteiger partial charge in [-0.05, 0) is 36.2 Å². The molecular weight excluding hydrogens is 464 g/mol. The summed E-state index contributed by atoms with van der Waals surface area (Å²) in [7, 11) is 0. The van der Waals surface area contributed by atoms with Gasteiger partial charge in [0.05, 0.1) is 22.9 Å². The van der Waals surface area contributed by atoms with Crippen molar-refractivity contribution in [1.29, 1.82) is 0 Å². The molecule has 3 aromatic rings. The molecule has 174 valence electrons. The predicted molar refractivity (Wildman–Crippen MR) is 128 cm³/mol. The first-order valence-electron chi connectivity index (χ1n) is 10.8. The Hall–Kier alpha value is -2.78. The molecule has 0 saturated carbocycles. The molecule has 1 aliphatic heterocycles. The van der Waals surface area contributed by atoms with Gasteiger partial charge in [0.1, 0.15) is 0 Å². The van der Waals surface area contributed by atoms with E-state index in [1.807, 2.05) is 13.8 Å². The summed E-state index contributed by atoms with van der Waals surface area (Å²) in [5.74, 6) is 0.481. The maximum Gasteiger partial charge on any atom is 0.289 e. The number of thioether (sulfide) groups is 1. The van der Waals surface area contributed by atoms with Crippen LogP contribution in [0.15, 0.2) is 51.0 Å². The van der Waals surface area contributed by atoms with Crippen molar-refractivity contribution in [3.05, 3.63) is 57.7 Å². The molecule has 1 aromatic carbocycles. The first-order chi connectivity index (χ1) is 15.8. The summed E-state index contributed by atoms with van der Waals surface area (Å²) in [6.07, 6.45) is 1.47. The number of piperazine rings is 1. The number of benzene rings is 1.